The molecule has 0 rings (SSSR count). The average molecular weight is 138 g/mol. The molecule has 0 nitrogen and oxygen atoms in total. The van der Waals surface area contributed by atoms with Crippen LogP contribution in [-0.4, -0.2) is 0 Å². The van der Waals surface area contributed by atoms with E-state index >= 15 is 0 Å². The van der Waals surface area contributed by atoms with Gasteiger partial charge in [0, 0.05) is 18.6 Å². The van der Waals surface area contributed by atoms with E-state index in [1.165, 1.54) is 0 Å². The molecule has 0 amide bonds. The molecule has 1 heteroatoms. The molecule has 0 heterocycles. The van der Waals surface area contributed by atoms with Gasteiger partial charge in [-0.1, -0.05) is 0 Å². The maximum absolute atomic E-state index is 3.25. The zero-order valence-corrected chi connectivity index (χ0v) is 6.97. The molecule has 0 saturated heterocycles. The fourth-order valence-electron chi connectivity index (χ4n) is 0. The van der Waals surface area contributed by atoms with Crippen molar-refractivity contribution in [2.45, 2.75) is 20.8 Å². The van der Waals surface area contributed by atoms with Gasteiger partial charge < -0.3 is 20.8 Å². The third kappa shape index (κ3) is 405. The van der Waals surface area contributed by atoms with E-state index in [0.717, 1.165) is 0 Å². The molecular weight excluding hydrogens is 123 g/mol. The van der Waals surface area contributed by atoms with Gasteiger partial charge in [0.05, 0.1) is 0 Å². The molecule has 1 radical (unpaired) electrons. The van der Waals surface area contributed by atoms with Crippen LogP contribution in [0, 0.1) is 20.8 Å². The van der Waals surface area contributed by atoms with Crippen LogP contribution < -0.4 is 0 Å². The van der Waals surface area contributed by atoms with Crippen molar-refractivity contribution in [1.29, 1.82) is 0 Å². The first kappa shape index (κ1) is 25.6. The number of hydrogen-bond donors (Lipinski definition) is 0. The van der Waals surface area contributed by atoms with Crippen molar-refractivity contribution in [1.82, 2.24) is 0 Å². The van der Waals surface area contributed by atoms with Gasteiger partial charge in [-0.2, -0.15) is 20.8 Å². The van der Waals surface area contributed by atoms with E-state index in [0.29, 0.717) is 0 Å². The van der Waals surface area contributed by atoms with E-state index in [4.69, 9.17) is 0 Å². The van der Waals surface area contributed by atoms with Crippen LogP contribution in [0.3, 0.4) is 0 Å². The van der Waals surface area contributed by atoms with Gasteiger partial charge in [-0.25, -0.2) is 0 Å². The Balaban J connectivity index is -0.00000000900. The molecule has 0 atom stereocenters. The molecule has 0 aliphatic carbocycles. The van der Waals surface area contributed by atoms with Crippen molar-refractivity contribution in [2.75, 3.05) is 0 Å². The molecule has 0 aromatic carbocycles. The number of hydrogen-bond acceptors (Lipinski definition) is 0. The monoisotopic (exact) mass is 138 g/mol. The SMILES string of the molecule is [CH2-]C.[CH2-]C.[CH2-]C.[V]. The first-order chi connectivity index (χ1) is 3.00. The van der Waals surface area contributed by atoms with Gasteiger partial charge in [0.1, 0.15) is 0 Å². The Hall–Kier alpha value is 0.584. The predicted molar refractivity (Wildman–Crippen MR) is 33.1 cm³/mol. The van der Waals surface area contributed by atoms with E-state index in [9.17, 15) is 0 Å². The van der Waals surface area contributed by atoms with Crippen LogP contribution in [0.2, 0.25) is 0 Å². The summed E-state index contributed by atoms with van der Waals surface area (Å²) in [6.07, 6.45) is 0. The first-order valence-electron chi connectivity index (χ1n) is 2.12. The first-order valence-corrected chi connectivity index (χ1v) is 2.12. The van der Waals surface area contributed by atoms with Crippen molar-refractivity contribution < 1.29 is 18.6 Å². The van der Waals surface area contributed by atoms with E-state index in [1.54, 1.807) is 20.8 Å². The molecule has 7 heavy (non-hydrogen) atoms. The minimum absolute atomic E-state index is 0. The maximum Gasteiger partial charge on any atom is 0 e. The molecular formula is C6H15V-3. The minimum Gasteiger partial charge on any atom is -0.346 e. The topological polar surface area (TPSA) is 0 Å². The van der Waals surface area contributed by atoms with Gasteiger partial charge >= 0.3 is 0 Å². The van der Waals surface area contributed by atoms with Crippen LogP contribution in [0.25, 0.3) is 0 Å². The summed E-state index contributed by atoms with van der Waals surface area (Å²) in [5.41, 5.74) is 0. The van der Waals surface area contributed by atoms with Crippen LogP contribution in [0.4, 0.5) is 0 Å². The van der Waals surface area contributed by atoms with Crippen LogP contribution in [0.15, 0.2) is 0 Å². The van der Waals surface area contributed by atoms with Crippen molar-refractivity contribution >= 4 is 0 Å². The zero-order chi connectivity index (χ0) is 6.00. The van der Waals surface area contributed by atoms with Gasteiger partial charge in [-0.05, 0) is 0 Å². The Labute approximate surface area is 60.6 Å². The van der Waals surface area contributed by atoms with E-state index in [-0.39, 0.29) is 18.6 Å². The number of rotatable bonds is 0. The minimum atomic E-state index is 0. The summed E-state index contributed by atoms with van der Waals surface area (Å²) in [6, 6.07) is 0. The molecule has 0 aliphatic rings. The van der Waals surface area contributed by atoms with Gasteiger partial charge in [0.25, 0.3) is 0 Å². The second kappa shape index (κ2) is 601. The van der Waals surface area contributed by atoms with Crippen LogP contribution in [0.5, 0.6) is 0 Å². The second-order valence-electron chi connectivity index (χ2n) is 0. The third-order valence-corrected chi connectivity index (χ3v) is 0. The van der Waals surface area contributed by atoms with Gasteiger partial charge in [0.15, 0.2) is 0 Å². The Morgan fingerprint density at radius 3 is 0.571 bits per heavy atom. The molecule has 0 aromatic heterocycles. The van der Waals surface area contributed by atoms with Crippen molar-refractivity contribution in [3.05, 3.63) is 20.8 Å². The Morgan fingerprint density at radius 2 is 0.571 bits per heavy atom. The average Bonchev–Trinajstić information content (AvgIpc) is 1.81. The fraction of sp³-hybridized carbons (Fsp3) is 0.500. The predicted octanol–water partition coefficient (Wildman–Crippen LogP) is 2.52. The largest absolute Gasteiger partial charge is 0.346 e. The van der Waals surface area contributed by atoms with E-state index < -0.39 is 0 Å². The van der Waals surface area contributed by atoms with Gasteiger partial charge in [-0.15, -0.1) is 0 Å². The summed E-state index contributed by atoms with van der Waals surface area (Å²) in [5, 5.41) is 0. The smallest absolute Gasteiger partial charge is 0 e. The fourth-order valence-corrected chi connectivity index (χ4v) is 0. The van der Waals surface area contributed by atoms with Crippen LogP contribution >= 0.6 is 0 Å². The normalized spacial score (nSPS) is 2.57. The Bertz CT molecular complexity index is 4.14. The van der Waals surface area contributed by atoms with Crippen LogP contribution in [0.1, 0.15) is 20.8 Å². The van der Waals surface area contributed by atoms with Gasteiger partial charge in [-0.3, -0.25) is 0 Å². The van der Waals surface area contributed by atoms with Crippen LogP contribution in [-0.2, 0) is 18.6 Å². The maximum atomic E-state index is 3.25. The standard InChI is InChI=1S/3C2H5.V/c3*1-2;/h3*1H2,2H3;/q3*-1;. The summed E-state index contributed by atoms with van der Waals surface area (Å²) in [5.74, 6) is 0. The Morgan fingerprint density at radius 1 is 0.571 bits per heavy atom. The molecule has 0 aromatic rings. The quantitative estimate of drug-likeness (QED) is 0.451. The molecule has 0 saturated carbocycles. The molecule has 0 fully saturated rings. The van der Waals surface area contributed by atoms with Crippen molar-refractivity contribution in [2.24, 2.45) is 0 Å². The second-order valence-corrected chi connectivity index (χ2v) is 0. The molecule has 0 unspecified atom stereocenters. The summed E-state index contributed by atoms with van der Waals surface area (Å²) >= 11 is 0. The molecule has 0 N–H and O–H groups in total. The summed E-state index contributed by atoms with van der Waals surface area (Å²) in [4.78, 5) is 0. The van der Waals surface area contributed by atoms with Crippen molar-refractivity contribution in [3.8, 4) is 0 Å². The third-order valence-electron chi connectivity index (χ3n) is 0. The molecule has 0 spiro atoms. The van der Waals surface area contributed by atoms with E-state index in [1.807, 2.05) is 0 Å². The summed E-state index contributed by atoms with van der Waals surface area (Å²) < 4.78 is 0. The Kier molecular flexibility index (Phi) is 2200. The van der Waals surface area contributed by atoms with Gasteiger partial charge in [0.2, 0.25) is 0 Å². The molecule has 0 bridgehead atoms. The molecule has 0 aliphatic heterocycles. The van der Waals surface area contributed by atoms with Crippen molar-refractivity contribution in [3.63, 3.8) is 0 Å². The molecule has 47 valence electrons. The summed E-state index contributed by atoms with van der Waals surface area (Å²) in [6.45, 7) is 15.0. The summed E-state index contributed by atoms with van der Waals surface area (Å²) in [7, 11) is 0. The zero-order valence-electron chi connectivity index (χ0n) is 5.57. The van der Waals surface area contributed by atoms with E-state index in [2.05, 4.69) is 20.8 Å².